The van der Waals surface area contributed by atoms with Gasteiger partial charge in [-0.05, 0) is 0 Å². The van der Waals surface area contributed by atoms with E-state index < -0.39 is 0 Å². The summed E-state index contributed by atoms with van der Waals surface area (Å²) in [7, 11) is 1.80. The number of hydrogen-bond acceptors (Lipinski definition) is 2. The fraction of sp³-hybridized carbons (Fsp3) is 1.00. The summed E-state index contributed by atoms with van der Waals surface area (Å²) in [6.45, 7) is 7.84. The van der Waals surface area contributed by atoms with E-state index in [1.165, 1.54) is 12.8 Å². The SMILES string of the molecule is COC[C@@H]1[Se]C(C)(C)[C@H]2CC[C@]1(C)O2. The van der Waals surface area contributed by atoms with Crippen molar-refractivity contribution in [3.05, 3.63) is 0 Å². The molecule has 0 spiro atoms. The van der Waals surface area contributed by atoms with Gasteiger partial charge in [0.1, 0.15) is 0 Å². The fourth-order valence-corrected chi connectivity index (χ4v) is 6.04. The second-order valence-corrected chi connectivity index (χ2v) is 9.02. The van der Waals surface area contributed by atoms with Crippen molar-refractivity contribution in [2.24, 2.45) is 0 Å². The van der Waals surface area contributed by atoms with Crippen molar-refractivity contribution in [3.63, 3.8) is 0 Å². The molecule has 2 nitrogen and oxygen atoms in total. The van der Waals surface area contributed by atoms with Gasteiger partial charge in [-0.25, -0.2) is 0 Å². The normalized spacial score (nSPS) is 45.4. The predicted molar refractivity (Wildman–Crippen MR) is 57.9 cm³/mol. The molecule has 0 unspecified atom stereocenters. The Labute approximate surface area is 92.9 Å². The Kier molecular flexibility index (Phi) is 2.72. The molecule has 14 heavy (non-hydrogen) atoms. The molecule has 2 fully saturated rings. The van der Waals surface area contributed by atoms with Crippen LogP contribution in [0.1, 0.15) is 33.6 Å². The summed E-state index contributed by atoms with van der Waals surface area (Å²) in [6, 6.07) is 0. The van der Waals surface area contributed by atoms with Gasteiger partial charge < -0.3 is 0 Å². The van der Waals surface area contributed by atoms with Crippen molar-refractivity contribution in [2.75, 3.05) is 13.7 Å². The molecule has 0 aromatic rings. The molecule has 0 saturated carbocycles. The predicted octanol–water partition coefficient (Wildman–Crippen LogP) is 2.28. The molecule has 0 N–H and O–H groups in total. The standard InChI is InChI=1S/C11H20O2Se/c1-10(2)8-5-6-11(3,13-8)9(14-10)7-12-4/h8-9H,5-7H2,1-4H3/t8-,9+,11+/m1/s1. The molecule has 0 aromatic carbocycles. The average molecular weight is 263 g/mol. The van der Waals surface area contributed by atoms with E-state index in [1.54, 1.807) is 7.11 Å². The molecule has 2 bridgehead atoms. The first-order valence-electron chi connectivity index (χ1n) is 5.32. The van der Waals surface area contributed by atoms with Crippen LogP contribution in [-0.4, -0.2) is 40.4 Å². The second-order valence-electron chi connectivity index (χ2n) is 5.12. The Hall–Kier alpha value is 0.439. The van der Waals surface area contributed by atoms with E-state index in [0.29, 0.717) is 30.2 Å². The molecular weight excluding hydrogens is 243 g/mol. The van der Waals surface area contributed by atoms with Crippen LogP contribution in [0.4, 0.5) is 0 Å². The first-order valence-corrected chi connectivity index (χ1v) is 7.17. The summed E-state index contributed by atoms with van der Waals surface area (Å²) in [6.07, 6.45) is 2.96. The van der Waals surface area contributed by atoms with Gasteiger partial charge in [-0.15, -0.1) is 0 Å². The summed E-state index contributed by atoms with van der Waals surface area (Å²) in [4.78, 5) is 0.633. The molecule has 0 aromatic heterocycles. The van der Waals surface area contributed by atoms with Gasteiger partial charge in [0.25, 0.3) is 0 Å². The summed E-state index contributed by atoms with van der Waals surface area (Å²) in [5.41, 5.74) is 0.121. The Balaban J connectivity index is 2.17. The van der Waals surface area contributed by atoms with Crippen LogP contribution in [0.15, 0.2) is 0 Å². The van der Waals surface area contributed by atoms with E-state index in [9.17, 15) is 0 Å². The van der Waals surface area contributed by atoms with Crippen LogP contribution in [0.3, 0.4) is 0 Å². The van der Waals surface area contributed by atoms with E-state index in [0.717, 1.165) is 6.61 Å². The number of rotatable bonds is 2. The maximum atomic E-state index is 6.20. The van der Waals surface area contributed by atoms with E-state index >= 15 is 0 Å². The third-order valence-corrected chi connectivity index (χ3v) is 7.29. The van der Waals surface area contributed by atoms with E-state index in [2.05, 4.69) is 20.8 Å². The van der Waals surface area contributed by atoms with E-state index in [-0.39, 0.29) is 5.60 Å². The molecule has 2 rings (SSSR count). The van der Waals surface area contributed by atoms with Crippen LogP contribution in [-0.2, 0) is 9.47 Å². The summed E-state index contributed by atoms with van der Waals surface area (Å²) in [5, 5.41) is 0. The van der Waals surface area contributed by atoms with Gasteiger partial charge in [0, 0.05) is 0 Å². The maximum absolute atomic E-state index is 6.20. The Morgan fingerprint density at radius 3 is 2.79 bits per heavy atom. The van der Waals surface area contributed by atoms with Crippen molar-refractivity contribution in [2.45, 2.75) is 54.4 Å². The van der Waals surface area contributed by atoms with Crippen molar-refractivity contribution < 1.29 is 9.47 Å². The van der Waals surface area contributed by atoms with Crippen LogP contribution in [0, 0.1) is 0 Å². The van der Waals surface area contributed by atoms with Crippen LogP contribution in [0.5, 0.6) is 0 Å². The second kappa shape index (κ2) is 3.48. The summed E-state index contributed by atoms with van der Waals surface area (Å²) < 4.78 is 11.9. The minimum absolute atomic E-state index is 0.121. The molecule has 3 atom stereocenters. The molecule has 0 radical (unpaired) electrons. The number of ether oxygens (including phenoxy) is 2. The molecule has 2 aliphatic heterocycles. The number of methoxy groups -OCH3 is 1. The van der Waals surface area contributed by atoms with Gasteiger partial charge >= 0.3 is 92.6 Å². The number of fused-ring (bicyclic) bond motifs is 2. The monoisotopic (exact) mass is 264 g/mol. The first-order chi connectivity index (χ1) is 6.48. The zero-order valence-corrected chi connectivity index (χ0v) is 11.2. The van der Waals surface area contributed by atoms with Crippen LogP contribution >= 0.6 is 0 Å². The van der Waals surface area contributed by atoms with Crippen molar-refractivity contribution >= 4 is 15.0 Å². The first kappa shape index (κ1) is 10.9. The zero-order valence-electron chi connectivity index (χ0n) is 9.50. The summed E-state index contributed by atoms with van der Waals surface area (Å²) in [5.74, 6) is 0. The third kappa shape index (κ3) is 1.65. The topological polar surface area (TPSA) is 18.5 Å². The molecule has 2 saturated heterocycles. The molecule has 0 amide bonds. The van der Waals surface area contributed by atoms with Gasteiger partial charge in [-0.3, -0.25) is 0 Å². The van der Waals surface area contributed by atoms with Crippen LogP contribution < -0.4 is 0 Å². The van der Waals surface area contributed by atoms with E-state index in [4.69, 9.17) is 9.47 Å². The fourth-order valence-electron chi connectivity index (χ4n) is 2.52. The molecule has 0 aliphatic carbocycles. The van der Waals surface area contributed by atoms with Gasteiger partial charge in [-0.1, -0.05) is 0 Å². The van der Waals surface area contributed by atoms with Crippen molar-refractivity contribution in [3.8, 4) is 0 Å². The van der Waals surface area contributed by atoms with E-state index in [1.807, 2.05) is 0 Å². The van der Waals surface area contributed by atoms with Crippen molar-refractivity contribution in [1.82, 2.24) is 0 Å². The van der Waals surface area contributed by atoms with Crippen LogP contribution in [0.2, 0.25) is 9.13 Å². The van der Waals surface area contributed by atoms with Crippen LogP contribution in [0.25, 0.3) is 0 Å². The van der Waals surface area contributed by atoms with Gasteiger partial charge in [0.15, 0.2) is 0 Å². The molecule has 3 heteroatoms. The van der Waals surface area contributed by atoms with Crippen molar-refractivity contribution in [1.29, 1.82) is 0 Å². The zero-order chi connectivity index (χ0) is 10.4. The molecule has 82 valence electrons. The van der Waals surface area contributed by atoms with Gasteiger partial charge in [0.05, 0.1) is 0 Å². The Morgan fingerprint density at radius 2 is 2.14 bits per heavy atom. The Bertz CT molecular complexity index is 229. The molecule has 2 heterocycles. The summed E-state index contributed by atoms with van der Waals surface area (Å²) >= 11 is 0.636. The number of hydrogen-bond donors (Lipinski definition) is 0. The van der Waals surface area contributed by atoms with Gasteiger partial charge in [0.2, 0.25) is 0 Å². The Morgan fingerprint density at radius 1 is 1.43 bits per heavy atom. The average Bonchev–Trinajstić information content (AvgIpc) is 2.45. The molecular formula is C11H20O2Se. The third-order valence-electron chi connectivity index (χ3n) is 3.53. The van der Waals surface area contributed by atoms with Gasteiger partial charge in [-0.2, -0.15) is 0 Å². The molecule has 2 aliphatic rings. The quantitative estimate of drug-likeness (QED) is 0.712. The minimum atomic E-state index is 0.121.